The van der Waals surface area contributed by atoms with Gasteiger partial charge in [0.05, 0.1) is 18.2 Å². The number of aryl methyl sites for hydroxylation is 1. The first kappa shape index (κ1) is 16.4. The monoisotopic (exact) mass is 318 g/mol. The van der Waals surface area contributed by atoms with Gasteiger partial charge < -0.3 is 20.5 Å². The van der Waals surface area contributed by atoms with E-state index in [-0.39, 0.29) is 18.1 Å². The SMILES string of the molecule is O=C(NCCCOC1CCCc2ccccc21)C1CC(O)CN1. The molecule has 1 aromatic carbocycles. The number of hydrogen-bond donors (Lipinski definition) is 3. The molecule has 3 N–H and O–H groups in total. The maximum atomic E-state index is 11.9. The fraction of sp³-hybridized carbons (Fsp3) is 0.611. The van der Waals surface area contributed by atoms with E-state index < -0.39 is 6.10 Å². The lowest BCUT2D eigenvalue weighted by Crippen LogP contribution is -2.40. The van der Waals surface area contributed by atoms with Crippen LogP contribution in [0.5, 0.6) is 0 Å². The predicted molar refractivity (Wildman–Crippen MR) is 88.1 cm³/mol. The summed E-state index contributed by atoms with van der Waals surface area (Å²) < 4.78 is 6.03. The molecule has 0 spiro atoms. The van der Waals surface area contributed by atoms with Crippen LogP contribution in [0.4, 0.5) is 0 Å². The van der Waals surface area contributed by atoms with Crippen molar-refractivity contribution < 1.29 is 14.6 Å². The van der Waals surface area contributed by atoms with Gasteiger partial charge in [0, 0.05) is 19.7 Å². The van der Waals surface area contributed by atoms with Crippen LogP contribution in [0.15, 0.2) is 24.3 Å². The van der Waals surface area contributed by atoms with Gasteiger partial charge >= 0.3 is 0 Å². The van der Waals surface area contributed by atoms with E-state index in [9.17, 15) is 9.90 Å². The molecule has 2 aliphatic rings. The van der Waals surface area contributed by atoms with Crippen LogP contribution in [0.1, 0.15) is 42.9 Å². The van der Waals surface area contributed by atoms with Crippen LogP contribution in [-0.2, 0) is 16.0 Å². The molecule has 1 aliphatic carbocycles. The lowest BCUT2D eigenvalue weighted by atomic mass is 9.89. The largest absolute Gasteiger partial charge is 0.392 e. The number of rotatable bonds is 6. The number of carbonyl (C=O) groups is 1. The van der Waals surface area contributed by atoms with Gasteiger partial charge in [0.25, 0.3) is 0 Å². The van der Waals surface area contributed by atoms with Crippen LogP contribution in [0.3, 0.4) is 0 Å². The highest BCUT2D eigenvalue weighted by Crippen LogP contribution is 2.32. The average Bonchev–Trinajstić information content (AvgIpc) is 3.01. The summed E-state index contributed by atoms with van der Waals surface area (Å²) in [6.07, 6.45) is 4.50. The summed E-state index contributed by atoms with van der Waals surface area (Å²) in [5.41, 5.74) is 2.73. The van der Waals surface area contributed by atoms with E-state index in [1.807, 2.05) is 0 Å². The van der Waals surface area contributed by atoms with Crippen molar-refractivity contribution in [1.82, 2.24) is 10.6 Å². The first-order valence-electron chi connectivity index (χ1n) is 8.62. The summed E-state index contributed by atoms with van der Waals surface area (Å²) in [5, 5.41) is 15.3. The van der Waals surface area contributed by atoms with Crippen molar-refractivity contribution in [3.63, 3.8) is 0 Å². The number of β-amino-alcohol motifs (C(OH)–C–C–N with tert-alkyl or cyclic N) is 1. The number of fused-ring (bicyclic) bond motifs is 1. The number of aliphatic hydroxyl groups excluding tert-OH is 1. The maximum Gasteiger partial charge on any atom is 0.237 e. The summed E-state index contributed by atoms with van der Waals surface area (Å²) in [6.45, 7) is 1.77. The first-order valence-corrected chi connectivity index (χ1v) is 8.62. The third-order valence-electron chi connectivity index (χ3n) is 4.68. The van der Waals surface area contributed by atoms with Gasteiger partial charge in [-0.25, -0.2) is 0 Å². The molecule has 0 bridgehead atoms. The molecule has 126 valence electrons. The molecule has 1 aromatic rings. The van der Waals surface area contributed by atoms with Crippen LogP contribution in [0.25, 0.3) is 0 Å². The summed E-state index contributed by atoms with van der Waals surface area (Å²) in [6, 6.07) is 8.26. The number of benzene rings is 1. The summed E-state index contributed by atoms with van der Waals surface area (Å²) in [7, 11) is 0. The molecular formula is C18H26N2O3. The van der Waals surface area contributed by atoms with E-state index in [4.69, 9.17) is 4.74 Å². The second-order valence-corrected chi connectivity index (χ2v) is 6.45. The van der Waals surface area contributed by atoms with Crippen LogP contribution in [0, 0.1) is 0 Å². The number of hydrogen-bond acceptors (Lipinski definition) is 4. The molecule has 0 radical (unpaired) electrons. The van der Waals surface area contributed by atoms with Crippen LogP contribution < -0.4 is 10.6 Å². The Hall–Kier alpha value is -1.43. The summed E-state index contributed by atoms with van der Waals surface area (Å²) in [4.78, 5) is 11.9. The topological polar surface area (TPSA) is 70.6 Å². The normalized spacial score (nSPS) is 26.7. The van der Waals surface area contributed by atoms with Crippen molar-refractivity contribution in [3.05, 3.63) is 35.4 Å². The Morgan fingerprint density at radius 2 is 2.26 bits per heavy atom. The molecule has 1 aliphatic heterocycles. The first-order chi connectivity index (χ1) is 11.2. The molecule has 1 heterocycles. The Kier molecular flexibility index (Phi) is 5.65. The van der Waals surface area contributed by atoms with E-state index in [2.05, 4.69) is 34.9 Å². The zero-order valence-electron chi connectivity index (χ0n) is 13.5. The molecule has 1 saturated heterocycles. The average molecular weight is 318 g/mol. The van der Waals surface area contributed by atoms with Crippen molar-refractivity contribution in [2.75, 3.05) is 19.7 Å². The lowest BCUT2D eigenvalue weighted by molar-refractivity contribution is -0.123. The van der Waals surface area contributed by atoms with Gasteiger partial charge in [-0.15, -0.1) is 0 Å². The molecule has 3 unspecified atom stereocenters. The Labute approximate surface area is 137 Å². The Morgan fingerprint density at radius 3 is 3.09 bits per heavy atom. The number of nitrogens with one attached hydrogen (secondary N) is 2. The molecule has 5 heteroatoms. The molecule has 1 fully saturated rings. The zero-order valence-corrected chi connectivity index (χ0v) is 13.5. The number of ether oxygens (including phenoxy) is 1. The number of aliphatic hydroxyl groups is 1. The van der Waals surface area contributed by atoms with E-state index in [1.165, 1.54) is 17.5 Å². The van der Waals surface area contributed by atoms with E-state index in [1.54, 1.807) is 0 Å². The zero-order chi connectivity index (χ0) is 16.1. The van der Waals surface area contributed by atoms with Crippen LogP contribution in [0.2, 0.25) is 0 Å². The predicted octanol–water partition coefficient (Wildman–Crippen LogP) is 1.31. The molecule has 23 heavy (non-hydrogen) atoms. The molecule has 5 nitrogen and oxygen atoms in total. The van der Waals surface area contributed by atoms with Crippen LogP contribution in [-0.4, -0.2) is 42.9 Å². The van der Waals surface area contributed by atoms with Gasteiger partial charge in [0.2, 0.25) is 5.91 Å². The van der Waals surface area contributed by atoms with Gasteiger partial charge in [0.15, 0.2) is 0 Å². The smallest absolute Gasteiger partial charge is 0.237 e. The number of amides is 1. The fourth-order valence-electron chi connectivity index (χ4n) is 3.43. The van der Waals surface area contributed by atoms with E-state index in [0.717, 1.165) is 19.3 Å². The molecule has 1 amide bonds. The minimum Gasteiger partial charge on any atom is -0.392 e. The molecular weight excluding hydrogens is 292 g/mol. The Morgan fingerprint density at radius 1 is 1.39 bits per heavy atom. The second-order valence-electron chi connectivity index (χ2n) is 6.45. The maximum absolute atomic E-state index is 11.9. The van der Waals surface area contributed by atoms with Crippen molar-refractivity contribution in [1.29, 1.82) is 0 Å². The Bertz CT molecular complexity index is 535. The summed E-state index contributed by atoms with van der Waals surface area (Å²) in [5.74, 6) is -0.0236. The fourth-order valence-corrected chi connectivity index (χ4v) is 3.43. The molecule has 3 rings (SSSR count). The van der Waals surface area contributed by atoms with Crippen molar-refractivity contribution in [3.8, 4) is 0 Å². The molecule has 3 atom stereocenters. The molecule has 0 aromatic heterocycles. The number of carbonyl (C=O) groups excluding carboxylic acids is 1. The minimum absolute atomic E-state index is 0.0236. The van der Waals surface area contributed by atoms with Crippen molar-refractivity contribution in [2.24, 2.45) is 0 Å². The van der Waals surface area contributed by atoms with Gasteiger partial charge in [-0.2, -0.15) is 0 Å². The van der Waals surface area contributed by atoms with Gasteiger partial charge in [-0.05, 0) is 43.2 Å². The lowest BCUT2D eigenvalue weighted by Gasteiger charge is -2.25. The quantitative estimate of drug-likeness (QED) is 0.692. The van der Waals surface area contributed by atoms with Crippen molar-refractivity contribution in [2.45, 2.75) is 50.4 Å². The van der Waals surface area contributed by atoms with Crippen LogP contribution >= 0.6 is 0 Å². The highest BCUT2D eigenvalue weighted by atomic mass is 16.5. The van der Waals surface area contributed by atoms with Crippen molar-refractivity contribution >= 4 is 5.91 Å². The Balaban J connectivity index is 1.35. The van der Waals surface area contributed by atoms with E-state index in [0.29, 0.717) is 26.1 Å². The standard InChI is InChI=1S/C18H26N2O3/c21-14-11-16(20-12-14)18(22)19-9-4-10-23-17-8-3-6-13-5-1-2-7-15(13)17/h1-2,5,7,14,16-17,20-21H,3-4,6,8-12H2,(H,19,22). The third kappa shape index (κ3) is 4.31. The van der Waals surface area contributed by atoms with Gasteiger partial charge in [0.1, 0.15) is 0 Å². The molecule has 0 saturated carbocycles. The van der Waals surface area contributed by atoms with Gasteiger partial charge in [-0.1, -0.05) is 24.3 Å². The minimum atomic E-state index is -0.402. The highest BCUT2D eigenvalue weighted by Gasteiger charge is 2.27. The summed E-state index contributed by atoms with van der Waals surface area (Å²) >= 11 is 0. The second kappa shape index (κ2) is 7.90. The third-order valence-corrected chi connectivity index (χ3v) is 4.68. The highest BCUT2D eigenvalue weighted by molar-refractivity contribution is 5.82. The van der Waals surface area contributed by atoms with Gasteiger partial charge in [-0.3, -0.25) is 4.79 Å². The van der Waals surface area contributed by atoms with E-state index >= 15 is 0 Å².